The van der Waals surface area contributed by atoms with Crippen LogP contribution in [0.1, 0.15) is 50.4 Å². The number of hydrogen-bond donors (Lipinski definition) is 0. The standard InChI is InChI=1S/C18H26FNO/c1-18(2,3)14-8-11-20(12-9-14)13-10-17(21)15-6-4-5-7-16(15)19/h4-7,14H,8-13H2,1-3H3. The monoisotopic (exact) mass is 291 g/mol. The second-order valence-electron chi connectivity index (χ2n) is 7.13. The number of nitrogens with zero attached hydrogens (tertiary/aromatic N) is 1. The number of carbonyl (C=O) groups is 1. The van der Waals surface area contributed by atoms with Gasteiger partial charge in [-0.2, -0.15) is 0 Å². The van der Waals surface area contributed by atoms with Crippen LogP contribution < -0.4 is 0 Å². The summed E-state index contributed by atoms with van der Waals surface area (Å²) in [6, 6.07) is 6.25. The Morgan fingerprint density at radius 1 is 1.24 bits per heavy atom. The van der Waals surface area contributed by atoms with Crippen LogP contribution in [-0.4, -0.2) is 30.3 Å². The van der Waals surface area contributed by atoms with Gasteiger partial charge in [0.2, 0.25) is 0 Å². The van der Waals surface area contributed by atoms with E-state index in [1.165, 1.54) is 18.9 Å². The first kappa shape index (κ1) is 16.2. The average Bonchev–Trinajstić information content (AvgIpc) is 2.45. The second-order valence-corrected chi connectivity index (χ2v) is 7.13. The molecule has 116 valence electrons. The van der Waals surface area contributed by atoms with E-state index in [1.807, 2.05) is 0 Å². The van der Waals surface area contributed by atoms with E-state index >= 15 is 0 Å². The molecule has 2 nitrogen and oxygen atoms in total. The number of Topliss-reactive ketones (excluding diaryl/α,β-unsaturated/α-hetero) is 1. The lowest BCUT2D eigenvalue weighted by Gasteiger charge is -2.38. The summed E-state index contributed by atoms with van der Waals surface area (Å²) in [5.74, 6) is 0.260. The lowest BCUT2D eigenvalue weighted by Crippen LogP contribution is -2.38. The Hall–Kier alpha value is -1.22. The van der Waals surface area contributed by atoms with E-state index in [1.54, 1.807) is 18.2 Å². The number of rotatable bonds is 4. The maximum absolute atomic E-state index is 13.6. The van der Waals surface area contributed by atoms with Crippen LogP contribution in [0.15, 0.2) is 24.3 Å². The van der Waals surface area contributed by atoms with Crippen molar-refractivity contribution in [2.45, 2.75) is 40.0 Å². The molecular formula is C18H26FNO. The zero-order chi connectivity index (χ0) is 15.5. The molecule has 1 saturated heterocycles. The largest absolute Gasteiger partial charge is 0.303 e. The van der Waals surface area contributed by atoms with Crippen molar-refractivity contribution in [2.75, 3.05) is 19.6 Å². The number of benzene rings is 1. The second kappa shape index (κ2) is 6.69. The Morgan fingerprint density at radius 2 is 1.86 bits per heavy atom. The third-order valence-electron chi connectivity index (χ3n) is 4.64. The van der Waals surface area contributed by atoms with Crippen LogP contribution >= 0.6 is 0 Å². The van der Waals surface area contributed by atoms with Crippen molar-refractivity contribution in [3.05, 3.63) is 35.6 Å². The van der Waals surface area contributed by atoms with Crippen LogP contribution in [-0.2, 0) is 0 Å². The lowest BCUT2D eigenvalue weighted by molar-refractivity contribution is 0.0899. The summed E-state index contributed by atoms with van der Waals surface area (Å²) >= 11 is 0. The Bertz CT molecular complexity index is 484. The first-order valence-electron chi connectivity index (χ1n) is 7.88. The fraction of sp³-hybridized carbons (Fsp3) is 0.611. The normalized spacial score (nSPS) is 17.9. The number of likely N-dealkylation sites (tertiary alicyclic amines) is 1. The first-order chi connectivity index (χ1) is 9.88. The Labute approximate surface area is 127 Å². The molecule has 1 aliphatic rings. The van der Waals surface area contributed by atoms with Gasteiger partial charge in [-0.15, -0.1) is 0 Å². The Kier molecular flexibility index (Phi) is 5.15. The fourth-order valence-corrected chi connectivity index (χ4v) is 3.10. The molecule has 3 heteroatoms. The van der Waals surface area contributed by atoms with E-state index in [-0.39, 0.29) is 11.3 Å². The molecule has 2 rings (SSSR count). The molecular weight excluding hydrogens is 265 g/mol. The van der Waals surface area contributed by atoms with Crippen molar-refractivity contribution in [1.82, 2.24) is 4.90 Å². The topological polar surface area (TPSA) is 20.3 Å². The third-order valence-corrected chi connectivity index (χ3v) is 4.64. The molecule has 1 heterocycles. The highest BCUT2D eigenvalue weighted by atomic mass is 19.1. The van der Waals surface area contributed by atoms with E-state index < -0.39 is 5.82 Å². The van der Waals surface area contributed by atoms with Gasteiger partial charge in [0, 0.05) is 13.0 Å². The molecule has 1 fully saturated rings. The molecule has 1 aromatic carbocycles. The summed E-state index contributed by atoms with van der Waals surface area (Å²) in [7, 11) is 0. The van der Waals surface area contributed by atoms with Gasteiger partial charge in [0.05, 0.1) is 5.56 Å². The van der Waals surface area contributed by atoms with Gasteiger partial charge in [-0.25, -0.2) is 4.39 Å². The van der Waals surface area contributed by atoms with Gasteiger partial charge in [-0.3, -0.25) is 4.79 Å². The van der Waals surface area contributed by atoms with Crippen molar-refractivity contribution in [1.29, 1.82) is 0 Å². The SMILES string of the molecule is CC(C)(C)C1CCN(CCC(=O)c2ccccc2F)CC1. The fourth-order valence-electron chi connectivity index (χ4n) is 3.10. The van der Waals surface area contributed by atoms with Crippen molar-refractivity contribution in [3.8, 4) is 0 Å². The van der Waals surface area contributed by atoms with Crippen LogP contribution in [0.4, 0.5) is 4.39 Å². The van der Waals surface area contributed by atoms with Crippen LogP contribution in [0.2, 0.25) is 0 Å². The number of hydrogen-bond acceptors (Lipinski definition) is 2. The number of halogens is 1. The van der Waals surface area contributed by atoms with Crippen molar-refractivity contribution in [2.24, 2.45) is 11.3 Å². The van der Waals surface area contributed by atoms with Gasteiger partial charge in [0.15, 0.2) is 5.78 Å². The summed E-state index contributed by atoms with van der Waals surface area (Å²) in [6.07, 6.45) is 2.79. The zero-order valence-electron chi connectivity index (χ0n) is 13.4. The maximum Gasteiger partial charge on any atom is 0.167 e. The molecule has 0 atom stereocenters. The van der Waals surface area contributed by atoms with Gasteiger partial charge < -0.3 is 4.90 Å². The van der Waals surface area contributed by atoms with Crippen LogP contribution in [0.3, 0.4) is 0 Å². The molecule has 0 N–H and O–H groups in total. The predicted molar refractivity (Wildman–Crippen MR) is 84.0 cm³/mol. The Morgan fingerprint density at radius 3 is 2.43 bits per heavy atom. The predicted octanol–water partition coefficient (Wildman–Crippen LogP) is 4.16. The summed E-state index contributed by atoms with van der Waals surface area (Å²) in [6.45, 7) is 9.74. The number of carbonyl (C=O) groups excluding carboxylic acids is 1. The molecule has 1 aromatic rings. The minimum atomic E-state index is -0.408. The highest BCUT2D eigenvalue weighted by Gasteiger charge is 2.28. The van der Waals surface area contributed by atoms with Gasteiger partial charge >= 0.3 is 0 Å². The molecule has 0 saturated carbocycles. The molecule has 0 amide bonds. The molecule has 0 aliphatic carbocycles. The van der Waals surface area contributed by atoms with Gasteiger partial charge in [0.1, 0.15) is 5.82 Å². The minimum absolute atomic E-state index is 0.0916. The van der Waals surface area contributed by atoms with E-state index in [0.717, 1.165) is 25.6 Å². The van der Waals surface area contributed by atoms with Gasteiger partial charge in [-0.05, 0) is 49.4 Å². The summed E-state index contributed by atoms with van der Waals surface area (Å²) in [5, 5.41) is 0. The van der Waals surface area contributed by atoms with Crippen molar-refractivity contribution >= 4 is 5.78 Å². The maximum atomic E-state index is 13.6. The lowest BCUT2D eigenvalue weighted by atomic mass is 9.75. The highest BCUT2D eigenvalue weighted by Crippen LogP contribution is 2.34. The summed E-state index contributed by atoms with van der Waals surface area (Å²) < 4.78 is 13.6. The molecule has 0 radical (unpaired) electrons. The average molecular weight is 291 g/mol. The van der Waals surface area contributed by atoms with E-state index in [0.29, 0.717) is 11.8 Å². The van der Waals surface area contributed by atoms with Crippen LogP contribution in [0.5, 0.6) is 0 Å². The molecule has 1 aliphatic heterocycles. The minimum Gasteiger partial charge on any atom is -0.303 e. The van der Waals surface area contributed by atoms with E-state index in [4.69, 9.17) is 0 Å². The highest BCUT2D eigenvalue weighted by molar-refractivity contribution is 5.96. The molecule has 0 spiro atoms. The third kappa shape index (κ3) is 4.37. The summed E-state index contributed by atoms with van der Waals surface area (Å²) in [4.78, 5) is 14.4. The molecule has 21 heavy (non-hydrogen) atoms. The number of ketones is 1. The number of piperidine rings is 1. The van der Waals surface area contributed by atoms with Crippen molar-refractivity contribution in [3.63, 3.8) is 0 Å². The smallest absolute Gasteiger partial charge is 0.167 e. The zero-order valence-corrected chi connectivity index (χ0v) is 13.4. The van der Waals surface area contributed by atoms with Gasteiger partial charge in [0.25, 0.3) is 0 Å². The first-order valence-corrected chi connectivity index (χ1v) is 7.88. The molecule has 0 unspecified atom stereocenters. The van der Waals surface area contributed by atoms with Gasteiger partial charge in [-0.1, -0.05) is 32.9 Å². The molecule has 0 bridgehead atoms. The summed E-state index contributed by atoms with van der Waals surface area (Å²) in [5.41, 5.74) is 0.594. The molecule has 0 aromatic heterocycles. The van der Waals surface area contributed by atoms with E-state index in [9.17, 15) is 9.18 Å². The van der Waals surface area contributed by atoms with Crippen LogP contribution in [0.25, 0.3) is 0 Å². The van der Waals surface area contributed by atoms with Crippen LogP contribution in [0, 0.1) is 17.2 Å². The van der Waals surface area contributed by atoms with Crippen molar-refractivity contribution < 1.29 is 9.18 Å². The van der Waals surface area contributed by atoms with E-state index in [2.05, 4.69) is 25.7 Å². The Balaban J connectivity index is 1.80. The quantitative estimate of drug-likeness (QED) is 0.776.